The molecule has 1 amide bonds. The van der Waals surface area contributed by atoms with Crippen LogP contribution in [0.5, 0.6) is 0 Å². The molecule has 0 atom stereocenters. The van der Waals surface area contributed by atoms with E-state index in [4.69, 9.17) is 0 Å². The maximum absolute atomic E-state index is 13.7. The molecule has 0 bridgehead atoms. The van der Waals surface area contributed by atoms with Crippen molar-refractivity contribution in [3.05, 3.63) is 88.0 Å². The van der Waals surface area contributed by atoms with Crippen LogP contribution in [0.2, 0.25) is 0 Å². The fraction of sp³-hybridized carbons (Fsp3) is 0.0556. The second kappa shape index (κ2) is 8.54. The number of amides is 1. The molecule has 0 radical (unpaired) electrons. The molecule has 142 valence electrons. The van der Waals surface area contributed by atoms with Crippen molar-refractivity contribution in [1.82, 2.24) is 15.4 Å². The first-order chi connectivity index (χ1) is 13.6. The highest BCUT2D eigenvalue weighted by atomic mass is 19.1. The van der Waals surface area contributed by atoms with Gasteiger partial charge in [0.1, 0.15) is 12.1 Å². The number of hydrazine groups is 1. The molecular formula is C18H15FN6O3. The highest BCUT2D eigenvalue weighted by molar-refractivity contribution is 5.95. The first-order valence-electron chi connectivity index (χ1n) is 8.14. The number of rotatable bonds is 7. The number of hydrogen-bond acceptors (Lipinski definition) is 7. The summed E-state index contributed by atoms with van der Waals surface area (Å²) in [6, 6.07) is 14.3. The lowest BCUT2D eigenvalue weighted by Gasteiger charge is -2.11. The molecule has 28 heavy (non-hydrogen) atoms. The maximum Gasteiger partial charge on any atom is 0.354 e. The summed E-state index contributed by atoms with van der Waals surface area (Å²) in [6.45, 7) is -0.0136. The number of nitrogens with zero attached hydrogens (tertiary/aromatic N) is 3. The van der Waals surface area contributed by atoms with Crippen LogP contribution in [0.4, 0.5) is 21.7 Å². The van der Waals surface area contributed by atoms with Gasteiger partial charge in [0.2, 0.25) is 11.6 Å². The normalized spacial score (nSPS) is 10.2. The lowest BCUT2D eigenvalue weighted by molar-refractivity contribution is -0.383. The minimum absolute atomic E-state index is 0.0136. The Labute approximate surface area is 158 Å². The molecule has 3 N–H and O–H groups in total. The van der Waals surface area contributed by atoms with Crippen LogP contribution in [0.15, 0.2) is 60.9 Å². The summed E-state index contributed by atoms with van der Waals surface area (Å²) >= 11 is 0. The molecule has 0 aliphatic rings. The van der Waals surface area contributed by atoms with E-state index >= 15 is 0 Å². The van der Waals surface area contributed by atoms with Gasteiger partial charge < -0.3 is 5.32 Å². The lowest BCUT2D eigenvalue weighted by atomic mass is 10.2. The summed E-state index contributed by atoms with van der Waals surface area (Å²) in [7, 11) is 0. The summed E-state index contributed by atoms with van der Waals surface area (Å²) in [5, 5.41) is 14.2. The molecule has 3 rings (SSSR count). The molecule has 0 saturated carbocycles. The summed E-state index contributed by atoms with van der Waals surface area (Å²) in [4.78, 5) is 30.5. The Morgan fingerprint density at radius 2 is 1.71 bits per heavy atom. The number of carbonyl (C=O) groups is 1. The number of benzene rings is 2. The first-order valence-corrected chi connectivity index (χ1v) is 8.14. The SMILES string of the molecule is O=C(NNc1ncnc(NCc2ccccc2F)c1[N+](=O)[O-])c1ccccc1. The van der Waals surface area contributed by atoms with Crippen LogP contribution in [-0.4, -0.2) is 20.8 Å². The monoisotopic (exact) mass is 382 g/mol. The molecular weight excluding hydrogens is 367 g/mol. The van der Waals surface area contributed by atoms with E-state index in [1.165, 1.54) is 6.07 Å². The molecule has 0 spiro atoms. The van der Waals surface area contributed by atoms with Crippen LogP contribution >= 0.6 is 0 Å². The highest BCUT2D eigenvalue weighted by Gasteiger charge is 2.23. The Morgan fingerprint density at radius 1 is 1.04 bits per heavy atom. The van der Waals surface area contributed by atoms with Gasteiger partial charge in [-0.3, -0.25) is 25.8 Å². The Kier molecular flexibility index (Phi) is 5.70. The van der Waals surface area contributed by atoms with Crippen molar-refractivity contribution in [2.75, 3.05) is 10.7 Å². The van der Waals surface area contributed by atoms with Crippen molar-refractivity contribution < 1.29 is 14.1 Å². The predicted molar refractivity (Wildman–Crippen MR) is 99.9 cm³/mol. The zero-order valence-electron chi connectivity index (χ0n) is 14.4. The summed E-state index contributed by atoms with van der Waals surface area (Å²) in [6.07, 6.45) is 1.09. The molecule has 3 aromatic rings. The second-order valence-electron chi connectivity index (χ2n) is 5.57. The van der Waals surface area contributed by atoms with E-state index in [1.54, 1.807) is 48.5 Å². The minimum atomic E-state index is -0.694. The van der Waals surface area contributed by atoms with E-state index < -0.39 is 22.3 Å². The molecule has 1 aromatic heterocycles. The van der Waals surface area contributed by atoms with E-state index in [2.05, 4.69) is 26.1 Å². The average Bonchev–Trinajstić information content (AvgIpc) is 2.71. The third-order valence-corrected chi connectivity index (χ3v) is 3.74. The van der Waals surface area contributed by atoms with E-state index in [0.717, 1.165) is 6.33 Å². The quantitative estimate of drug-likeness (QED) is 0.424. The van der Waals surface area contributed by atoms with Crippen molar-refractivity contribution in [3.8, 4) is 0 Å². The number of anilines is 2. The van der Waals surface area contributed by atoms with E-state index in [1.807, 2.05) is 0 Å². The second-order valence-corrected chi connectivity index (χ2v) is 5.57. The molecule has 0 unspecified atom stereocenters. The predicted octanol–water partition coefficient (Wildman–Crippen LogP) is 2.89. The van der Waals surface area contributed by atoms with E-state index in [-0.39, 0.29) is 18.2 Å². The van der Waals surface area contributed by atoms with Crippen molar-refractivity contribution in [3.63, 3.8) is 0 Å². The van der Waals surface area contributed by atoms with Crippen LogP contribution in [0.3, 0.4) is 0 Å². The van der Waals surface area contributed by atoms with Crippen molar-refractivity contribution in [2.24, 2.45) is 0 Å². The maximum atomic E-state index is 13.7. The minimum Gasteiger partial charge on any atom is -0.360 e. The van der Waals surface area contributed by atoms with Crippen molar-refractivity contribution in [1.29, 1.82) is 0 Å². The Bertz CT molecular complexity index is 1000. The Hall–Kier alpha value is -4.08. The molecule has 10 heteroatoms. The van der Waals surface area contributed by atoms with Crippen LogP contribution in [0.25, 0.3) is 0 Å². The van der Waals surface area contributed by atoms with Crippen LogP contribution < -0.4 is 16.2 Å². The molecule has 0 aliphatic carbocycles. The van der Waals surface area contributed by atoms with Gasteiger partial charge in [-0.15, -0.1) is 0 Å². The number of hydrogen-bond donors (Lipinski definition) is 3. The summed E-state index contributed by atoms with van der Waals surface area (Å²) in [5.74, 6) is -1.26. The number of nitro groups is 1. The van der Waals surface area contributed by atoms with Crippen LogP contribution in [-0.2, 0) is 6.54 Å². The van der Waals surface area contributed by atoms with E-state index in [9.17, 15) is 19.3 Å². The fourth-order valence-corrected chi connectivity index (χ4v) is 2.37. The van der Waals surface area contributed by atoms with Gasteiger partial charge in [0.05, 0.1) is 4.92 Å². The smallest absolute Gasteiger partial charge is 0.354 e. The molecule has 0 saturated heterocycles. The summed E-state index contributed by atoms with van der Waals surface area (Å²) < 4.78 is 13.7. The third-order valence-electron chi connectivity index (χ3n) is 3.74. The molecule has 0 fully saturated rings. The fourth-order valence-electron chi connectivity index (χ4n) is 2.37. The van der Waals surface area contributed by atoms with Gasteiger partial charge in [-0.1, -0.05) is 36.4 Å². The molecule has 2 aromatic carbocycles. The van der Waals surface area contributed by atoms with Gasteiger partial charge >= 0.3 is 5.69 Å². The molecule has 1 heterocycles. The van der Waals surface area contributed by atoms with Crippen molar-refractivity contribution in [2.45, 2.75) is 6.54 Å². The third kappa shape index (κ3) is 4.36. The highest BCUT2D eigenvalue weighted by Crippen LogP contribution is 2.28. The zero-order valence-corrected chi connectivity index (χ0v) is 14.4. The zero-order chi connectivity index (χ0) is 19.9. The summed E-state index contributed by atoms with van der Waals surface area (Å²) in [5.41, 5.74) is 4.99. The topological polar surface area (TPSA) is 122 Å². The first kappa shape index (κ1) is 18.7. The molecule has 9 nitrogen and oxygen atoms in total. The Balaban J connectivity index is 1.76. The van der Waals surface area contributed by atoms with Crippen molar-refractivity contribution >= 4 is 23.2 Å². The van der Waals surface area contributed by atoms with Gasteiger partial charge in [-0.05, 0) is 18.2 Å². The van der Waals surface area contributed by atoms with Gasteiger partial charge in [0.15, 0.2) is 0 Å². The number of carbonyl (C=O) groups excluding carboxylic acids is 1. The lowest BCUT2D eigenvalue weighted by Crippen LogP contribution is -2.30. The van der Waals surface area contributed by atoms with Crippen LogP contribution in [0.1, 0.15) is 15.9 Å². The molecule has 0 aliphatic heterocycles. The Morgan fingerprint density at radius 3 is 2.43 bits per heavy atom. The number of halogens is 1. The van der Waals surface area contributed by atoms with Gasteiger partial charge in [0, 0.05) is 17.7 Å². The largest absolute Gasteiger partial charge is 0.360 e. The van der Waals surface area contributed by atoms with E-state index in [0.29, 0.717) is 11.1 Å². The van der Waals surface area contributed by atoms with Gasteiger partial charge in [0.25, 0.3) is 5.91 Å². The number of nitrogens with one attached hydrogen (secondary N) is 3. The standard InChI is InChI=1S/C18H15FN6O3/c19-14-9-5-4-8-13(14)10-20-16-15(25(27)28)17(22-11-21-16)23-24-18(26)12-6-2-1-3-7-12/h1-9,11H,10H2,(H,24,26)(H2,20,21,22,23). The van der Waals surface area contributed by atoms with Gasteiger partial charge in [-0.2, -0.15) is 0 Å². The average molecular weight is 382 g/mol. The number of aromatic nitrogens is 2. The van der Waals surface area contributed by atoms with Crippen LogP contribution in [0, 0.1) is 15.9 Å². The van der Waals surface area contributed by atoms with Gasteiger partial charge in [-0.25, -0.2) is 14.4 Å².